The lowest BCUT2D eigenvalue weighted by Crippen LogP contribution is -2.40. The van der Waals surface area contributed by atoms with Gasteiger partial charge in [-0.3, -0.25) is 4.99 Å². The topological polar surface area (TPSA) is 58.1 Å². The van der Waals surface area contributed by atoms with Gasteiger partial charge in [0.05, 0.1) is 13.7 Å². The molecule has 27 heavy (non-hydrogen) atoms. The first-order valence-corrected chi connectivity index (χ1v) is 9.71. The van der Waals surface area contributed by atoms with Crippen LogP contribution < -0.4 is 20.1 Å². The summed E-state index contributed by atoms with van der Waals surface area (Å²) < 4.78 is 11.0. The molecule has 0 aromatic heterocycles. The van der Waals surface area contributed by atoms with E-state index in [0.717, 1.165) is 29.7 Å². The third kappa shape index (κ3) is 7.73. The molecule has 0 atom stereocenters. The molecule has 0 bridgehead atoms. The zero-order valence-electron chi connectivity index (χ0n) is 17.1. The summed E-state index contributed by atoms with van der Waals surface area (Å²) in [5, 5.41) is 6.79. The summed E-state index contributed by atoms with van der Waals surface area (Å²) in [4.78, 5) is 6.90. The number of halogens is 1. The average molecular weight is 490 g/mol. The monoisotopic (exact) mass is 490 g/mol. The van der Waals surface area contributed by atoms with Crippen LogP contribution in [0.4, 0.5) is 5.69 Å². The molecule has 1 saturated heterocycles. The highest BCUT2D eigenvalue weighted by Crippen LogP contribution is 2.30. The Labute approximate surface area is 181 Å². The van der Waals surface area contributed by atoms with E-state index in [4.69, 9.17) is 9.47 Å². The second-order valence-electron chi connectivity index (χ2n) is 6.66. The van der Waals surface area contributed by atoms with Crippen molar-refractivity contribution in [3.63, 3.8) is 0 Å². The highest BCUT2D eigenvalue weighted by molar-refractivity contribution is 14.0. The van der Waals surface area contributed by atoms with Gasteiger partial charge in [-0.2, -0.15) is 0 Å². The number of nitrogens with zero attached hydrogens (tertiary/aromatic N) is 2. The van der Waals surface area contributed by atoms with Crippen LogP contribution in [0.15, 0.2) is 23.2 Å². The molecule has 0 radical (unpaired) electrons. The maximum atomic E-state index is 5.56. The number of guanidine groups is 1. The number of hydrogen-bond donors (Lipinski definition) is 2. The molecule has 1 aromatic carbocycles. The van der Waals surface area contributed by atoms with Crippen molar-refractivity contribution in [3.05, 3.63) is 18.2 Å². The van der Waals surface area contributed by atoms with Crippen molar-refractivity contribution in [2.75, 3.05) is 52.3 Å². The number of anilines is 1. The quantitative estimate of drug-likeness (QED) is 0.330. The molecule has 6 nitrogen and oxygen atoms in total. The van der Waals surface area contributed by atoms with Crippen molar-refractivity contribution >= 4 is 35.6 Å². The number of rotatable bonds is 8. The van der Waals surface area contributed by atoms with Crippen molar-refractivity contribution in [3.8, 4) is 11.5 Å². The van der Waals surface area contributed by atoms with Gasteiger partial charge < -0.3 is 25.0 Å². The van der Waals surface area contributed by atoms with Crippen LogP contribution in [-0.4, -0.2) is 57.8 Å². The van der Waals surface area contributed by atoms with E-state index < -0.39 is 0 Å². The summed E-state index contributed by atoms with van der Waals surface area (Å²) in [6.07, 6.45) is 3.74. The lowest BCUT2D eigenvalue weighted by molar-refractivity contribution is 0.185. The largest absolute Gasteiger partial charge is 0.493 e. The van der Waals surface area contributed by atoms with Gasteiger partial charge in [-0.15, -0.1) is 24.0 Å². The molecule has 2 N–H and O–H groups in total. The molecule has 1 aliphatic heterocycles. The Morgan fingerprint density at radius 3 is 2.56 bits per heavy atom. The molecule has 1 aromatic rings. The van der Waals surface area contributed by atoms with E-state index in [-0.39, 0.29) is 24.0 Å². The fourth-order valence-electron chi connectivity index (χ4n) is 3.31. The zero-order chi connectivity index (χ0) is 18.8. The van der Waals surface area contributed by atoms with Gasteiger partial charge in [0, 0.05) is 25.3 Å². The Balaban J connectivity index is 0.00000364. The van der Waals surface area contributed by atoms with Crippen LogP contribution in [0.3, 0.4) is 0 Å². The number of ether oxygens (including phenoxy) is 2. The zero-order valence-corrected chi connectivity index (χ0v) is 19.4. The lowest BCUT2D eigenvalue weighted by atomic mass is 9.97. The molecule has 0 saturated carbocycles. The minimum absolute atomic E-state index is 0. The van der Waals surface area contributed by atoms with Crippen LogP contribution in [0, 0.1) is 5.92 Å². The van der Waals surface area contributed by atoms with Crippen molar-refractivity contribution in [2.45, 2.75) is 33.1 Å². The van der Waals surface area contributed by atoms with Crippen LogP contribution in [0.1, 0.15) is 33.1 Å². The molecule has 7 heteroatoms. The predicted octanol–water partition coefficient (Wildman–Crippen LogP) is 3.82. The number of hydrogen-bond acceptors (Lipinski definition) is 4. The second kappa shape index (κ2) is 13.0. The lowest BCUT2D eigenvalue weighted by Gasteiger charge is -2.32. The molecular weight excluding hydrogens is 455 g/mol. The van der Waals surface area contributed by atoms with E-state index in [1.165, 1.54) is 38.9 Å². The third-order valence-corrected chi connectivity index (χ3v) is 4.75. The van der Waals surface area contributed by atoms with Gasteiger partial charge in [0.15, 0.2) is 17.5 Å². The number of aliphatic imine (C=N–C) groups is 1. The third-order valence-electron chi connectivity index (χ3n) is 4.75. The van der Waals surface area contributed by atoms with Crippen LogP contribution in [0.2, 0.25) is 0 Å². The predicted molar refractivity (Wildman–Crippen MR) is 124 cm³/mol. The average Bonchev–Trinajstić information content (AvgIpc) is 2.67. The normalized spacial score (nSPS) is 15.8. The van der Waals surface area contributed by atoms with Crippen molar-refractivity contribution in [2.24, 2.45) is 10.9 Å². The van der Waals surface area contributed by atoms with E-state index in [2.05, 4.69) is 27.4 Å². The second-order valence-corrected chi connectivity index (χ2v) is 6.66. The van der Waals surface area contributed by atoms with Gasteiger partial charge in [-0.05, 0) is 63.9 Å². The number of benzene rings is 1. The maximum Gasteiger partial charge on any atom is 0.195 e. The molecule has 2 rings (SSSR count). The Morgan fingerprint density at radius 1 is 1.22 bits per heavy atom. The summed E-state index contributed by atoms with van der Waals surface area (Å²) in [7, 11) is 3.45. The van der Waals surface area contributed by atoms with Crippen LogP contribution in [-0.2, 0) is 0 Å². The Bertz CT molecular complexity index is 575. The van der Waals surface area contributed by atoms with Gasteiger partial charge in [0.2, 0.25) is 0 Å². The first-order valence-electron chi connectivity index (χ1n) is 9.71. The Hall–Kier alpha value is -1.22. The summed E-state index contributed by atoms with van der Waals surface area (Å²) in [6.45, 7) is 9.42. The smallest absolute Gasteiger partial charge is 0.195 e. The van der Waals surface area contributed by atoms with Gasteiger partial charge in [0.1, 0.15) is 0 Å². The van der Waals surface area contributed by atoms with Gasteiger partial charge in [-0.25, -0.2) is 0 Å². The minimum Gasteiger partial charge on any atom is -0.493 e. The van der Waals surface area contributed by atoms with Gasteiger partial charge in [0.25, 0.3) is 0 Å². The van der Waals surface area contributed by atoms with E-state index in [0.29, 0.717) is 12.5 Å². The van der Waals surface area contributed by atoms with Crippen LogP contribution in [0.25, 0.3) is 0 Å². The summed E-state index contributed by atoms with van der Waals surface area (Å²) in [5.41, 5.74) is 0.927. The standard InChI is InChI=1S/C20H34N4O2.HI/c1-5-11-24-12-9-16(10-13-24)15-22-20(21-3)23-17-7-8-18(26-6-2)19(14-17)25-4;/h7-8,14,16H,5-6,9-13,15H2,1-4H3,(H2,21,22,23);1H. The number of nitrogens with one attached hydrogen (secondary N) is 2. The molecule has 0 amide bonds. The Morgan fingerprint density at radius 2 is 1.96 bits per heavy atom. The minimum atomic E-state index is 0. The number of piperidine rings is 1. The van der Waals surface area contributed by atoms with Crippen molar-refractivity contribution in [1.82, 2.24) is 10.2 Å². The fraction of sp³-hybridized carbons (Fsp3) is 0.650. The van der Waals surface area contributed by atoms with E-state index in [1.54, 1.807) is 14.2 Å². The summed E-state index contributed by atoms with van der Waals surface area (Å²) in [6, 6.07) is 5.83. The van der Waals surface area contributed by atoms with Gasteiger partial charge >= 0.3 is 0 Å². The molecular formula is C20H35IN4O2. The Kier molecular flexibility index (Phi) is 11.5. The highest BCUT2D eigenvalue weighted by atomic mass is 127. The molecule has 154 valence electrons. The van der Waals surface area contributed by atoms with E-state index in [9.17, 15) is 0 Å². The first-order chi connectivity index (χ1) is 12.7. The molecule has 1 aliphatic rings. The van der Waals surface area contributed by atoms with Crippen molar-refractivity contribution in [1.29, 1.82) is 0 Å². The molecule has 1 heterocycles. The van der Waals surface area contributed by atoms with E-state index in [1.807, 2.05) is 25.1 Å². The number of methoxy groups -OCH3 is 1. The maximum absolute atomic E-state index is 5.56. The van der Waals surface area contributed by atoms with E-state index >= 15 is 0 Å². The molecule has 1 fully saturated rings. The van der Waals surface area contributed by atoms with Crippen LogP contribution in [0.5, 0.6) is 11.5 Å². The number of likely N-dealkylation sites (tertiary alicyclic amines) is 1. The highest BCUT2D eigenvalue weighted by Gasteiger charge is 2.18. The molecule has 0 unspecified atom stereocenters. The van der Waals surface area contributed by atoms with Crippen molar-refractivity contribution < 1.29 is 9.47 Å². The molecule has 0 aliphatic carbocycles. The van der Waals surface area contributed by atoms with Crippen LogP contribution >= 0.6 is 24.0 Å². The first kappa shape index (κ1) is 23.8. The fourth-order valence-corrected chi connectivity index (χ4v) is 3.31. The molecule has 0 spiro atoms. The van der Waals surface area contributed by atoms with Gasteiger partial charge in [-0.1, -0.05) is 6.92 Å². The SMILES string of the molecule is CCCN1CCC(CNC(=NC)Nc2ccc(OCC)c(OC)c2)CC1.I. The summed E-state index contributed by atoms with van der Waals surface area (Å²) >= 11 is 0. The summed E-state index contributed by atoms with van der Waals surface area (Å²) in [5.74, 6) is 2.96.